The number of carbonyl (C=O) groups excluding carboxylic acids is 1. The molecule has 4 N–H and O–H groups in total. The molecule has 2 aliphatic rings. The molecule has 3 rings (SSSR count). The second-order valence-electron chi connectivity index (χ2n) is 6.50. The first kappa shape index (κ1) is 14.2. The number of hydrogen-bond donors (Lipinski definition) is 3. The third-order valence-electron chi connectivity index (χ3n) is 5.03. The molecule has 1 amide bonds. The van der Waals surface area contributed by atoms with E-state index >= 15 is 0 Å². The van der Waals surface area contributed by atoms with Crippen LogP contribution in [0.15, 0.2) is 12.1 Å². The van der Waals surface area contributed by atoms with Gasteiger partial charge in [-0.05, 0) is 42.4 Å². The van der Waals surface area contributed by atoms with Crippen LogP contribution in [-0.2, 0) is 11.2 Å². The summed E-state index contributed by atoms with van der Waals surface area (Å²) in [7, 11) is 0. The maximum atomic E-state index is 11.4. The second-order valence-corrected chi connectivity index (χ2v) is 6.50. The number of amides is 1. The number of nitrogen functional groups attached to an aromatic ring is 1. The number of benzene rings is 1. The van der Waals surface area contributed by atoms with Crippen molar-refractivity contribution in [3.63, 3.8) is 0 Å². The smallest absolute Gasteiger partial charge is 0.228 e. The Morgan fingerprint density at radius 2 is 1.95 bits per heavy atom. The van der Waals surface area contributed by atoms with Crippen LogP contribution in [0.3, 0.4) is 0 Å². The largest absolute Gasteiger partial charge is 0.397 e. The normalized spacial score (nSPS) is 24.5. The first-order chi connectivity index (χ1) is 10.2. The van der Waals surface area contributed by atoms with Crippen LogP contribution in [-0.4, -0.2) is 12.5 Å². The van der Waals surface area contributed by atoms with E-state index in [0.717, 1.165) is 41.0 Å². The first-order valence-electron chi connectivity index (χ1n) is 8.11. The Morgan fingerprint density at radius 3 is 2.67 bits per heavy atom. The minimum atomic E-state index is 0.0550. The Labute approximate surface area is 126 Å². The van der Waals surface area contributed by atoms with E-state index < -0.39 is 0 Å². The van der Waals surface area contributed by atoms with Gasteiger partial charge in [0.05, 0.1) is 17.8 Å². The second kappa shape index (κ2) is 5.96. The van der Waals surface area contributed by atoms with Crippen molar-refractivity contribution < 1.29 is 4.79 Å². The Bertz CT molecular complexity index is 533. The van der Waals surface area contributed by atoms with Gasteiger partial charge in [0, 0.05) is 12.2 Å². The van der Waals surface area contributed by atoms with E-state index in [1.54, 1.807) is 0 Å². The van der Waals surface area contributed by atoms with Crippen LogP contribution in [0.1, 0.15) is 44.6 Å². The standard InChI is InChI=1S/C17H25N3O/c1-2-11-3-5-12(6-4-11)10-19-16-9-15-13(7-14(16)18)8-17(21)20-15/h7,9,11-12,19H,2-6,8,10,18H2,1H3,(H,20,21). The summed E-state index contributed by atoms with van der Waals surface area (Å²) in [5.41, 5.74) is 9.71. The van der Waals surface area contributed by atoms with E-state index in [1.165, 1.54) is 32.1 Å². The average molecular weight is 287 g/mol. The maximum Gasteiger partial charge on any atom is 0.228 e. The topological polar surface area (TPSA) is 67.1 Å². The lowest BCUT2D eigenvalue weighted by Crippen LogP contribution is -2.21. The zero-order valence-electron chi connectivity index (χ0n) is 12.7. The first-order valence-corrected chi connectivity index (χ1v) is 8.11. The molecule has 1 aliphatic carbocycles. The van der Waals surface area contributed by atoms with Crippen molar-refractivity contribution in [3.8, 4) is 0 Å². The van der Waals surface area contributed by atoms with Crippen molar-refractivity contribution >= 4 is 23.0 Å². The number of fused-ring (bicyclic) bond motifs is 1. The van der Waals surface area contributed by atoms with Gasteiger partial charge >= 0.3 is 0 Å². The molecule has 4 nitrogen and oxygen atoms in total. The quantitative estimate of drug-likeness (QED) is 0.744. The van der Waals surface area contributed by atoms with Crippen molar-refractivity contribution in [1.82, 2.24) is 0 Å². The summed E-state index contributed by atoms with van der Waals surface area (Å²) < 4.78 is 0. The fourth-order valence-corrected chi connectivity index (χ4v) is 3.54. The molecule has 0 radical (unpaired) electrons. The molecule has 114 valence electrons. The summed E-state index contributed by atoms with van der Waals surface area (Å²) in [5.74, 6) is 1.73. The number of nitrogens with two attached hydrogens (primary N) is 1. The molecule has 21 heavy (non-hydrogen) atoms. The van der Waals surface area contributed by atoms with E-state index in [9.17, 15) is 4.79 Å². The molecule has 0 spiro atoms. The van der Waals surface area contributed by atoms with Crippen molar-refractivity contribution in [2.24, 2.45) is 11.8 Å². The van der Waals surface area contributed by atoms with E-state index in [2.05, 4.69) is 17.6 Å². The summed E-state index contributed by atoms with van der Waals surface area (Å²) >= 11 is 0. The molecule has 0 atom stereocenters. The van der Waals surface area contributed by atoms with Gasteiger partial charge in [0.15, 0.2) is 0 Å². The fourth-order valence-electron chi connectivity index (χ4n) is 3.54. The lowest BCUT2D eigenvalue weighted by Gasteiger charge is -2.28. The lowest BCUT2D eigenvalue weighted by atomic mass is 9.81. The van der Waals surface area contributed by atoms with Crippen LogP contribution in [0, 0.1) is 11.8 Å². The molecular formula is C17H25N3O. The number of rotatable bonds is 4. The van der Waals surface area contributed by atoms with Gasteiger partial charge in [-0.25, -0.2) is 0 Å². The SMILES string of the molecule is CCC1CCC(CNc2cc3c(cc2N)CC(=O)N3)CC1. The summed E-state index contributed by atoms with van der Waals surface area (Å²) in [6.45, 7) is 3.27. The third-order valence-corrected chi connectivity index (χ3v) is 5.03. The van der Waals surface area contributed by atoms with Crippen LogP contribution in [0.2, 0.25) is 0 Å². The molecule has 0 aromatic heterocycles. The number of hydrogen-bond acceptors (Lipinski definition) is 3. The minimum absolute atomic E-state index is 0.0550. The fraction of sp³-hybridized carbons (Fsp3) is 0.588. The molecule has 1 aromatic rings. The van der Waals surface area contributed by atoms with Gasteiger partial charge in [-0.2, -0.15) is 0 Å². The van der Waals surface area contributed by atoms with Gasteiger partial charge in [0.25, 0.3) is 0 Å². The molecule has 1 fully saturated rings. The van der Waals surface area contributed by atoms with Gasteiger partial charge in [0.1, 0.15) is 0 Å². The number of anilines is 3. The van der Waals surface area contributed by atoms with Crippen molar-refractivity contribution in [3.05, 3.63) is 17.7 Å². The predicted octanol–water partition coefficient (Wildman–Crippen LogP) is 3.39. The zero-order chi connectivity index (χ0) is 14.8. The Hall–Kier alpha value is -1.71. The highest BCUT2D eigenvalue weighted by Gasteiger charge is 2.21. The van der Waals surface area contributed by atoms with Crippen molar-refractivity contribution in [1.29, 1.82) is 0 Å². The van der Waals surface area contributed by atoms with Gasteiger partial charge in [-0.15, -0.1) is 0 Å². The zero-order valence-corrected chi connectivity index (χ0v) is 12.7. The molecule has 0 unspecified atom stereocenters. The molecular weight excluding hydrogens is 262 g/mol. The van der Waals surface area contributed by atoms with Crippen LogP contribution in [0.25, 0.3) is 0 Å². The molecule has 1 aliphatic heterocycles. The molecule has 1 heterocycles. The van der Waals surface area contributed by atoms with Crippen LogP contribution >= 0.6 is 0 Å². The van der Waals surface area contributed by atoms with Crippen LogP contribution < -0.4 is 16.4 Å². The van der Waals surface area contributed by atoms with E-state index in [-0.39, 0.29) is 5.91 Å². The average Bonchev–Trinajstić information content (AvgIpc) is 2.84. The predicted molar refractivity (Wildman–Crippen MR) is 87.4 cm³/mol. The molecule has 1 saturated carbocycles. The van der Waals surface area contributed by atoms with E-state index in [4.69, 9.17) is 5.73 Å². The highest BCUT2D eigenvalue weighted by Crippen LogP contribution is 2.33. The summed E-state index contributed by atoms with van der Waals surface area (Å²) in [4.78, 5) is 11.4. The highest BCUT2D eigenvalue weighted by molar-refractivity contribution is 6.00. The van der Waals surface area contributed by atoms with Crippen LogP contribution in [0.5, 0.6) is 0 Å². The van der Waals surface area contributed by atoms with E-state index in [0.29, 0.717) is 6.42 Å². The lowest BCUT2D eigenvalue weighted by molar-refractivity contribution is -0.115. The summed E-state index contributed by atoms with van der Waals surface area (Å²) in [6, 6.07) is 3.90. The number of carbonyl (C=O) groups is 1. The maximum absolute atomic E-state index is 11.4. The Balaban J connectivity index is 1.59. The molecule has 4 heteroatoms. The molecule has 1 aromatic carbocycles. The Kier molecular flexibility index (Phi) is 4.04. The Morgan fingerprint density at radius 1 is 1.24 bits per heavy atom. The van der Waals surface area contributed by atoms with E-state index in [1.807, 2.05) is 12.1 Å². The molecule has 0 bridgehead atoms. The summed E-state index contributed by atoms with van der Waals surface area (Å²) in [5, 5.41) is 6.37. The number of nitrogens with one attached hydrogen (secondary N) is 2. The van der Waals surface area contributed by atoms with Gasteiger partial charge < -0.3 is 16.4 Å². The van der Waals surface area contributed by atoms with Gasteiger partial charge in [-0.1, -0.05) is 26.2 Å². The monoisotopic (exact) mass is 287 g/mol. The van der Waals surface area contributed by atoms with Gasteiger partial charge in [0.2, 0.25) is 5.91 Å². The minimum Gasteiger partial charge on any atom is -0.397 e. The van der Waals surface area contributed by atoms with Crippen molar-refractivity contribution in [2.75, 3.05) is 22.9 Å². The van der Waals surface area contributed by atoms with Crippen molar-refractivity contribution in [2.45, 2.75) is 45.4 Å². The van der Waals surface area contributed by atoms with Crippen LogP contribution in [0.4, 0.5) is 17.1 Å². The third kappa shape index (κ3) is 3.14. The molecule has 0 saturated heterocycles. The highest BCUT2D eigenvalue weighted by atomic mass is 16.1. The van der Waals surface area contributed by atoms with Gasteiger partial charge in [-0.3, -0.25) is 4.79 Å². The summed E-state index contributed by atoms with van der Waals surface area (Å²) in [6.07, 6.45) is 7.11.